The quantitative estimate of drug-likeness (QED) is 0.694. The van der Waals surface area contributed by atoms with Crippen molar-refractivity contribution >= 4 is 27.5 Å². The molecule has 1 aromatic carbocycles. The summed E-state index contributed by atoms with van der Waals surface area (Å²) in [6, 6.07) is 6.00. The third-order valence-electron chi connectivity index (χ3n) is 3.10. The highest BCUT2D eigenvalue weighted by atomic mass is 79.9. The lowest BCUT2D eigenvalue weighted by atomic mass is 10.0. The molecule has 2 aromatic rings. The van der Waals surface area contributed by atoms with Crippen LogP contribution >= 0.6 is 27.5 Å². The SMILES string of the molecule is Cc1nnn2c1-c1ccc(Cl)cc1C(Br)CC2. The topological polar surface area (TPSA) is 30.7 Å². The molecule has 1 atom stereocenters. The molecule has 2 heterocycles. The van der Waals surface area contributed by atoms with Gasteiger partial charge >= 0.3 is 0 Å². The Morgan fingerprint density at radius 2 is 2.29 bits per heavy atom. The summed E-state index contributed by atoms with van der Waals surface area (Å²) in [5.74, 6) is 0. The molecule has 0 saturated carbocycles. The molecule has 1 aromatic heterocycles. The second kappa shape index (κ2) is 4.10. The number of fused-ring (bicyclic) bond motifs is 3. The van der Waals surface area contributed by atoms with Crippen molar-refractivity contribution in [2.24, 2.45) is 0 Å². The first-order valence-corrected chi connectivity index (χ1v) is 6.80. The largest absolute Gasteiger partial charge is 0.244 e. The van der Waals surface area contributed by atoms with Crippen LogP contribution in [-0.2, 0) is 6.54 Å². The molecule has 3 nitrogen and oxygen atoms in total. The number of alkyl halides is 1. The molecule has 0 fully saturated rings. The summed E-state index contributed by atoms with van der Waals surface area (Å²) in [4.78, 5) is 0.317. The van der Waals surface area contributed by atoms with E-state index in [1.807, 2.05) is 23.7 Å². The second-order valence-corrected chi connectivity index (χ2v) is 5.78. The van der Waals surface area contributed by atoms with E-state index in [0.29, 0.717) is 4.83 Å². The molecule has 17 heavy (non-hydrogen) atoms. The fourth-order valence-corrected chi connectivity index (χ4v) is 3.05. The molecule has 5 heteroatoms. The minimum Gasteiger partial charge on any atom is -0.244 e. The lowest BCUT2D eigenvalue weighted by Gasteiger charge is -2.11. The van der Waals surface area contributed by atoms with Gasteiger partial charge < -0.3 is 0 Å². The van der Waals surface area contributed by atoms with E-state index >= 15 is 0 Å². The van der Waals surface area contributed by atoms with E-state index in [-0.39, 0.29) is 0 Å². The highest BCUT2D eigenvalue weighted by Gasteiger charge is 2.23. The van der Waals surface area contributed by atoms with E-state index in [1.165, 1.54) is 11.1 Å². The Morgan fingerprint density at radius 3 is 3.12 bits per heavy atom. The maximum Gasteiger partial charge on any atom is 0.0917 e. The van der Waals surface area contributed by atoms with Crippen LogP contribution in [0.3, 0.4) is 0 Å². The van der Waals surface area contributed by atoms with Gasteiger partial charge in [-0.15, -0.1) is 5.10 Å². The zero-order chi connectivity index (χ0) is 12.0. The van der Waals surface area contributed by atoms with Gasteiger partial charge in [-0.2, -0.15) is 0 Å². The smallest absolute Gasteiger partial charge is 0.0917 e. The van der Waals surface area contributed by atoms with Crippen LogP contribution in [0.25, 0.3) is 11.3 Å². The molecule has 0 N–H and O–H groups in total. The van der Waals surface area contributed by atoms with Crippen molar-refractivity contribution in [1.29, 1.82) is 0 Å². The minimum atomic E-state index is 0.317. The van der Waals surface area contributed by atoms with Gasteiger partial charge in [-0.05, 0) is 31.0 Å². The van der Waals surface area contributed by atoms with E-state index in [9.17, 15) is 0 Å². The Morgan fingerprint density at radius 1 is 1.47 bits per heavy atom. The van der Waals surface area contributed by atoms with Crippen molar-refractivity contribution in [2.45, 2.75) is 24.7 Å². The van der Waals surface area contributed by atoms with Crippen LogP contribution in [0.4, 0.5) is 0 Å². The van der Waals surface area contributed by atoms with Crippen molar-refractivity contribution in [3.8, 4) is 11.3 Å². The Balaban J connectivity index is 2.30. The van der Waals surface area contributed by atoms with Gasteiger partial charge in [-0.3, -0.25) is 0 Å². The first-order chi connectivity index (χ1) is 8.16. The van der Waals surface area contributed by atoms with Crippen LogP contribution in [0.5, 0.6) is 0 Å². The summed E-state index contributed by atoms with van der Waals surface area (Å²) in [5, 5.41) is 9.11. The van der Waals surface area contributed by atoms with Crippen LogP contribution < -0.4 is 0 Å². The molecule has 0 bridgehead atoms. The van der Waals surface area contributed by atoms with Gasteiger partial charge in [-0.1, -0.05) is 38.8 Å². The number of hydrogen-bond donors (Lipinski definition) is 0. The van der Waals surface area contributed by atoms with E-state index in [0.717, 1.165) is 29.4 Å². The maximum absolute atomic E-state index is 6.08. The fourth-order valence-electron chi connectivity index (χ4n) is 2.29. The Hall–Kier alpha value is -0.870. The summed E-state index contributed by atoms with van der Waals surface area (Å²) in [6.45, 7) is 2.87. The molecular formula is C12H11BrClN3. The van der Waals surface area contributed by atoms with Crippen molar-refractivity contribution in [3.63, 3.8) is 0 Å². The number of aryl methyl sites for hydroxylation is 2. The Bertz CT molecular complexity index is 579. The number of hydrogen-bond acceptors (Lipinski definition) is 2. The molecule has 0 radical (unpaired) electrons. The number of rotatable bonds is 0. The van der Waals surface area contributed by atoms with Gasteiger partial charge in [-0.25, -0.2) is 4.68 Å². The van der Waals surface area contributed by atoms with Crippen LogP contribution in [-0.4, -0.2) is 15.0 Å². The van der Waals surface area contributed by atoms with Crippen molar-refractivity contribution in [2.75, 3.05) is 0 Å². The molecule has 3 rings (SSSR count). The molecule has 0 aliphatic carbocycles. The molecule has 0 spiro atoms. The molecule has 1 aliphatic heterocycles. The highest BCUT2D eigenvalue weighted by molar-refractivity contribution is 9.09. The molecule has 1 unspecified atom stereocenters. The predicted octanol–water partition coefficient (Wildman–Crippen LogP) is 3.75. The Kier molecular flexibility index (Phi) is 2.71. The van der Waals surface area contributed by atoms with Crippen molar-refractivity contribution < 1.29 is 0 Å². The summed E-state index contributed by atoms with van der Waals surface area (Å²) >= 11 is 9.80. The molecular weight excluding hydrogens is 302 g/mol. The first kappa shape index (κ1) is 11.2. The fraction of sp³-hybridized carbons (Fsp3) is 0.333. The van der Waals surface area contributed by atoms with Gasteiger partial charge in [0.25, 0.3) is 0 Å². The number of aromatic nitrogens is 3. The van der Waals surface area contributed by atoms with E-state index < -0.39 is 0 Å². The average Bonchev–Trinajstić information content (AvgIpc) is 2.61. The van der Waals surface area contributed by atoms with Gasteiger partial charge in [0.15, 0.2) is 0 Å². The molecule has 0 saturated heterocycles. The predicted molar refractivity (Wildman–Crippen MR) is 71.5 cm³/mol. The van der Waals surface area contributed by atoms with E-state index in [4.69, 9.17) is 11.6 Å². The number of halogens is 2. The zero-order valence-corrected chi connectivity index (χ0v) is 11.7. The van der Waals surface area contributed by atoms with Crippen LogP contribution in [0.2, 0.25) is 5.02 Å². The Labute approximate surface area is 113 Å². The summed E-state index contributed by atoms with van der Waals surface area (Å²) in [6.07, 6.45) is 0.989. The molecule has 0 amide bonds. The lowest BCUT2D eigenvalue weighted by molar-refractivity contribution is 0.570. The second-order valence-electron chi connectivity index (χ2n) is 4.23. The third kappa shape index (κ3) is 1.79. The molecule has 88 valence electrons. The van der Waals surface area contributed by atoms with E-state index in [1.54, 1.807) is 0 Å². The van der Waals surface area contributed by atoms with Crippen LogP contribution in [0.15, 0.2) is 18.2 Å². The minimum absolute atomic E-state index is 0.317. The maximum atomic E-state index is 6.08. The van der Waals surface area contributed by atoms with Gasteiger partial charge in [0, 0.05) is 22.0 Å². The van der Waals surface area contributed by atoms with Gasteiger partial charge in [0.05, 0.1) is 11.4 Å². The monoisotopic (exact) mass is 311 g/mol. The van der Waals surface area contributed by atoms with Crippen molar-refractivity contribution in [1.82, 2.24) is 15.0 Å². The van der Waals surface area contributed by atoms with Crippen LogP contribution in [0, 0.1) is 6.92 Å². The van der Waals surface area contributed by atoms with Crippen molar-refractivity contribution in [3.05, 3.63) is 34.5 Å². The van der Waals surface area contributed by atoms with Gasteiger partial charge in [0.1, 0.15) is 0 Å². The average molecular weight is 313 g/mol. The first-order valence-electron chi connectivity index (χ1n) is 5.51. The molecule has 1 aliphatic rings. The third-order valence-corrected chi connectivity index (χ3v) is 4.29. The highest BCUT2D eigenvalue weighted by Crippen LogP contribution is 2.40. The standard InChI is InChI=1S/C12H11BrClN3/c1-7-12-9-3-2-8(14)6-10(9)11(13)4-5-17(12)16-15-7/h2-3,6,11H,4-5H2,1H3. The lowest BCUT2D eigenvalue weighted by Crippen LogP contribution is -2.00. The number of nitrogens with zero attached hydrogens (tertiary/aromatic N) is 3. The summed E-state index contributed by atoms with van der Waals surface area (Å²) in [5.41, 5.74) is 4.48. The van der Waals surface area contributed by atoms with Crippen LogP contribution in [0.1, 0.15) is 22.5 Å². The number of benzene rings is 1. The normalized spacial score (nSPS) is 18.4. The summed E-state index contributed by atoms with van der Waals surface area (Å²) in [7, 11) is 0. The zero-order valence-electron chi connectivity index (χ0n) is 9.32. The van der Waals surface area contributed by atoms with E-state index in [2.05, 4.69) is 32.3 Å². The van der Waals surface area contributed by atoms with Gasteiger partial charge in [0.2, 0.25) is 0 Å². The summed E-state index contributed by atoms with van der Waals surface area (Å²) < 4.78 is 1.98.